The van der Waals surface area contributed by atoms with Gasteiger partial charge in [-0.2, -0.15) is 0 Å². The summed E-state index contributed by atoms with van der Waals surface area (Å²) in [5, 5.41) is 7.96. The van der Waals surface area contributed by atoms with E-state index in [9.17, 15) is 14.4 Å². The van der Waals surface area contributed by atoms with E-state index >= 15 is 0 Å². The highest BCUT2D eigenvalue weighted by molar-refractivity contribution is 6.12. The van der Waals surface area contributed by atoms with Crippen LogP contribution >= 0.6 is 0 Å². The fraction of sp³-hybridized carbons (Fsp3) is 0.731. The zero-order chi connectivity index (χ0) is 27.4. The predicted octanol–water partition coefficient (Wildman–Crippen LogP) is 1.05. The number of nitrogens with zero attached hydrogens (tertiary/aromatic N) is 5. The maximum absolute atomic E-state index is 12.3. The zero-order valence-electron chi connectivity index (χ0n) is 22.8. The molecule has 0 spiro atoms. The van der Waals surface area contributed by atoms with Gasteiger partial charge in [-0.3, -0.25) is 19.3 Å². The lowest BCUT2D eigenvalue weighted by molar-refractivity contribution is -0.137. The summed E-state index contributed by atoms with van der Waals surface area (Å²) in [5.74, 6) is 0.0455. The molecule has 3 rings (SSSR count). The molecule has 38 heavy (non-hydrogen) atoms. The Bertz CT molecular complexity index is 925. The van der Waals surface area contributed by atoms with E-state index in [1.54, 1.807) is 10.9 Å². The molecule has 1 fully saturated rings. The Labute approximate surface area is 224 Å². The van der Waals surface area contributed by atoms with E-state index in [4.69, 9.17) is 18.9 Å². The largest absolute Gasteiger partial charge is 0.379 e. The van der Waals surface area contributed by atoms with E-state index < -0.39 is 0 Å². The lowest BCUT2D eigenvalue weighted by Gasteiger charge is -2.27. The normalized spacial score (nSPS) is 17.8. The summed E-state index contributed by atoms with van der Waals surface area (Å²) in [6, 6.07) is 0. The van der Waals surface area contributed by atoms with Crippen LogP contribution in [0.15, 0.2) is 18.3 Å². The second-order valence-corrected chi connectivity index (χ2v) is 10.5. The number of carbonyl (C=O) groups is 3. The Morgan fingerprint density at radius 3 is 2.08 bits per heavy atom. The molecule has 2 aliphatic heterocycles. The second-order valence-electron chi connectivity index (χ2n) is 10.5. The van der Waals surface area contributed by atoms with Gasteiger partial charge in [-0.05, 0) is 17.8 Å². The molecule has 12 nitrogen and oxygen atoms in total. The summed E-state index contributed by atoms with van der Waals surface area (Å²) in [7, 11) is 0. The van der Waals surface area contributed by atoms with Gasteiger partial charge < -0.3 is 23.8 Å². The Kier molecular flexibility index (Phi) is 11.8. The van der Waals surface area contributed by atoms with E-state index in [2.05, 4.69) is 31.1 Å². The minimum Gasteiger partial charge on any atom is -0.379 e. The minimum absolute atomic E-state index is 0.101. The molecule has 0 N–H and O–H groups in total. The van der Waals surface area contributed by atoms with Crippen molar-refractivity contribution in [1.82, 2.24) is 24.8 Å². The molecule has 1 aromatic heterocycles. The first-order valence-electron chi connectivity index (χ1n) is 13.3. The fourth-order valence-corrected chi connectivity index (χ4v) is 4.20. The molecule has 3 amide bonds. The molecule has 1 atom stereocenters. The number of hydrogen-bond acceptors (Lipinski definition) is 9. The second kappa shape index (κ2) is 15.1. The first kappa shape index (κ1) is 29.9. The van der Waals surface area contributed by atoms with Crippen LogP contribution in [0, 0.1) is 11.3 Å². The highest BCUT2D eigenvalue weighted by Gasteiger charge is 2.33. The van der Waals surface area contributed by atoms with Crippen LogP contribution in [-0.4, -0.2) is 108 Å². The first-order chi connectivity index (χ1) is 18.2. The van der Waals surface area contributed by atoms with Gasteiger partial charge in [0.2, 0.25) is 5.91 Å². The van der Waals surface area contributed by atoms with Gasteiger partial charge in [0.15, 0.2) is 0 Å². The molecule has 1 aromatic rings. The molecule has 12 heteroatoms. The molecule has 0 unspecified atom stereocenters. The molecule has 2 aliphatic rings. The third-order valence-corrected chi connectivity index (χ3v) is 6.61. The van der Waals surface area contributed by atoms with Gasteiger partial charge >= 0.3 is 0 Å². The third-order valence-electron chi connectivity index (χ3n) is 6.61. The molecule has 0 radical (unpaired) electrons. The first-order valence-corrected chi connectivity index (χ1v) is 13.3. The van der Waals surface area contributed by atoms with Crippen LogP contribution in [0.1, 0.15) is 39.3 Å². The van der Waals surface area contributed by atoms with Crippen LogP contribution in [-0.2, 0) is 46.4 Å². The lowest BCUT2D eigenvalue weighted by atomic mass is 9.80. The smallest absolute Gasteiger partial charge is 0.253 e. The molecule has 0 bridgehead atoms. The van der Waals surface area contributed by atoms with Crippen molar-refractivity contribution in [3.8, 4) is 0 Å². The molecule has 0 saturated carbocycles. The maximum Gasteiger partial charge on any atom is 0.253 e. The molecular weight excluding hydrogens is 494 g/mol. The van der Waals surface area contributed by atoms with E-state index in [0.29, 0.717) is 77.4 Å². The zero-order valence-corrected chi connectivity index (χ0v) is 22.8. The van der Waals surface area contributed by atoms with Crippen LogP contribution in [0.4, 0.5) is 0 Å². The fourth-order valence-electron chi connectivity index (χ4n) is 4.20. The molecule has 0 aliphatic carbocycles. The Morgan fingerprint density at radius 2 is 1.50 bits per heavy atom. The molecule has 1 saturated heterocycles. The summed E-state index contributed by atoms with van der Waals surface area (Å²) < 4.78 is 23.6. The molecule has 212 valence electrons. The van der Waals surface area contributed by atoms with Crippen LogP contribution in [0.5, 0.6) is 0 Å². The van der Waals surface area contributed by atoms with Crippen molar-refractivity contribution in [3.05, 3.63) is 24.0 Å². The van der Waals surface area contributed by atoms with Crippen molar-refractivity contribution in [2.45, 2.75) is 46.7 Å². The molecule has 3 heterocycles. The van der Waals surface area contributed by atoms with Gasteiger partial charge in [-0.15, -0.1) is 5.10 Å². The summed E-state index contributed by atoms with van der Waals surface area (Å²) in [4.78, 5) is 38.6. The van der Waals surface area contributed by atoms with Crippen molar-refractivity contribution in [2.24, 2.45) is 11.3 Å². The van der Waals surface area contributed by atoms with Crippen molar-refractivity contribution in [1.29, 1.82) is 0 Å². The van der Waals surface area contributed by atoms with Crippen LogP contribution in [0.3, 0.4) is 0 Å². The number of hydrogen-bond donors (Lipinski definition) is 0. The molecular formula is C26H41N5O7. The van der Waals surface area contributed by atoms with E-state index in [1.165, 1.54) is 12.2 Å². The van der Waals surface area contributed by atoms with Crippen molar-refractivity contribution >= 4 is 17.7 Å². The highest BCUT2D eigenvalue weighted by Crippen LogP contribution is 2.33. The number of carbonyl (C=O) groups excluding carboxylic acids is 3. The number of imide groups is 1. The monoisotopic (exact) mass is 535 g/mol. The SMILES string of the molecule is CC(C)(C)[C@@H]1CCN(C(=O)CCOCCOCCOCCOCCn2cc(CN3C(=O)C=CC3=O)nn2)C1. The standard InChI is InChI=1S/C26H41N5O7/c1-26(2,3)21-6-8-29(18-21)23(32)7-10-35-12-14-37-16-17-38-15-13-36-11-9-30-19-22(27-28-30)20-31-24(33)4-5-25(31)34/h4-5,19,21H,6-18,20H2,1-3H3/t21-/m1/s1. The van der Waals surface area contributed by atoms with Gasteiger partial charge in [0.25, 0.3) is 11.8 Å². The number of amides is 3. The van der Waals surface area contributed by atoms with Gasteiger partial charge in [0, 0.05) is 25.2 Å². The topological polar surface area (TPSA) is 125 Å². The number of aromatic nitrogens is 3. The third kappa shape index (κ3) is 9.90. The summed E-state index contributed by atoms with van der Waals surface area (Å²) in [5.41, 5.74) is 0.777. The van der Waals surface area contributed by atoms with Crippen LogP contribution < -0.4 is 0 Å². The summed E-state index contributed by atoms with van der Waals surface area (Å²) in [6.07, 6.45) is 5.66. The summed E-state index contributed by atoms with van der Waals surface area (Å²) in [6.45, 7) is 12.6. The summed E-state index contributed by atoms with van der Waals surface area (Å²) >= 11 is 0. The average molecular weight is 536 g/mol. The van der Waals surface area contributed by atoms with Gasteiger partial charge in [-0.1, -0.05) is 26.0 Å². The Morgan fingerprint density at radius 1 is 0.921 bits per heavy atom. The Hall–Kier alpha value is -2.67. The van der Waals surface area contributed by atoms with Gasteiger partial charge in [0.1, 0.15) is 5.69 Å². The predicted molar refractivity (Wildman–Crippen MR) is 137 cm³/mol. The lowest BCUT2D eigenvalue weighted by Crippen LogP contribution is -2.31. The maximum atomic E-state index is 12.3. The van der Waals surface area contributed by atoms with E-state index in [0.717, 1.165) is 24.4 Å². The highest BCUT2D eigenvalue weighted by atomic mass is 16.6. The molecule has 0 aromatic carbocycles. The van der Waals surface area contributed by atoms with Gasteiger partial charge in [0.05, 0.1) is 78.6 Å². The van der Waals surface area contributed by atoms with Gasteiger partial charge in [-0.25, -0.2) is 4.68 Å². The van der Waals surface area contributed by atoms with Crippen LogP contribution in [0.25, 0.3) is 0 Å². The van der Waals surface area contributed by atoms with E-state index in [1.807, 2.05) is 4.90 Å². The average Bonchev–Trinajstić information content (AvgIpc) is 3.62. The minimum atomic E-state index is -0.345. The Balaban J connectivity index is 1.08. The van der Waals surface area contributed by atoms with Crippen molar-refractivity contribution in [3.63, 3.8) is 0 Å². The number of ether oxygens (including phenoxy) is 4. The van der Waals surface area contributed by atoms with Crippen LogP contribution in [0.2, 0.25) is 0 Å². The number of likely N-dealkylation sites (tertiary alicyclic amines) is 1. The van der Waals surface area contributed by atoms with Crippen molar-refractivity contribution in [2.75, 3.05) is 65.9 Å². The van der Waals surface area contributed by atoms with E-state index in [-0.39, 0.29) is 29.7 Å². The quantitative estimate of drug-likeness (QED) is 0.213. The number of rotatable bonds is 17. The van der Waals surface area contributed by atoms with Crippen molar-refractivity contribution < 1.29 is 33.3 Å².